The molecule has 2 rings (SSSR count). The lowest BCUT2D eigenvalue weighted by Gasteiger charge is -2.12. The Balaban J connectivity index is 2.48. The molecule has 1 aromatic carbocycles. The first-order valence-electron chi connectivity index (χ1n) is 5.25. The first-order chi connectivity index (χ1) is 9.37. The molecule has 0 saturated carbocycles. The lowest BCUT2D eigenvalue weighted by atomic mass is 10.1. The first-order valence-corrected chi connectivity index (χ1v) is 5.25. The van der Waals surface area contributed by atoms with Crippen LogP contribution >= 0.6 is 0 Å². The topological polar surface area (TPSA) is 72.3 Å². The van der Waals surface area contributed by atoms with Crippen LogP contribution in [0.15, 0.2) is 36.9 Å². The van der Waals surface area contributed by atoms with Crippen molar-refractivity contribution >= 4 is 5.97 Å². The van der Waals surface area contributed by atoms with Gasteiger partial charge in [-0.2, -0.15) is 0 Å². The van der Waals surface area contributed by atoms with E-state index in [4.69, 9.17) is 5.11 Å². The molecular formula is C12H7F3N2O3. The maximum Gasteiger partial charge on any atom is 0.573 e. The van der Waals surface area contributed by atoms with E-state index in [0.717, 1.165) is 12.1 Å². The van der Waals surface area contributed by atoms with Gasteiger partial charge in [0.05, 0.1) is 0 Å². The monoisotopic (exact) mass is 284 g/mol. The van der Waals surface area contributed by atoms with Crippen LogP contribution in [0.2, 0.25) is 0 Å². The summed E-state index contributed by atoms with van der Waals surface area (Å²) in [6.07, 6.45) is -0.932. The minimum atomic E-state index is -4.98. The van der Waals surface area contributed by atoms with E-state index < -0.39 is 23.6 Å². The highest BCUT2D eigenvalue weighted by Crippen LogP contribution is 2.31. The Morgan fingerprint density at radius 3 is 2.35 bits per heavy atom. The average Bonchev–Trinajstić information content (AvgIpc) is 2.37. The van der Waals surface area contributed by atoms with E-state index in [1.807, 2.05) is 0 Å². The number of hydrogen-bond donors (Lipinski definition) is 1. The normalized spacial score (nSPS) is 11.2. The third-order valence-electron chi connectivity index (χ3n) is 2.33. The fourth-order valence-corrected chi connectivity index (χ4v) is 1.54. The number of ether oxygens (including phenoxy) is 1. The highest BCUT2D eigenvalue weighted by molar-refractivity contribution is 5.92. The lowest BCUT2D eigenvalue weighted by molar-refractivity contribution is -0.274. The van der Waals surface area contributed by atoms with Crippen LogP contribution in [0.3, 0.4) is 0 Å². The van der Waals surface area contributed by atoms with Gasteiger partial charge in [-0.15, -0.1) is 13.2 Å². The van der Waals surface area contributed by atoms with Gasteiger partial charge in [0, 0.05) is 18.0 Å². The molecule has 0 fully saturated rings. The summed E-state index contributed by atoms with van der Waals surface area (Å²) in [4.78, 5) is 18.3. The van der Waals surface area contributed by atoms with E-state index in [0.29, 0.717) is 11.1 Å². The number of aromatic carboxylic acids is 1. The number of aromatic nitrogens is 2. The SMILES string of the molecule is O=C(O)c1ccc(-c2cncnc2)cc1OC(F)(F)F. The molecule has 0 atom stereocenters. The minimum Gasteiger partial charge on any atom is -0.478 e. The fourth-order valence-electron chi connectivity index (χ4n) is 1.54. The van der Waals surface area contributed by atoms with Crippen LogP contribution in [0.1, 0.15) is 10.4 Å². The second kappa shape index (κ2) is 5.16. The van der Waals surface area contributed by atoms with Gasteiger partial charge in [0.25, 0.3) is 0 Å². The van der Waals surface area contributed by atoms with E-state index in [-0.39, 0.29) is 0 Å². The van der Waals surface area contributed by atoms with E-state index in [9.17, 15) is 18.0 Å². The van der Waals surface area contributed by atoms with Gasteiger partial charge in [-0.25, -0.2) is 14.8 Å². The molecule has 20 heavy (non-hydrogen) atoms. The predicted octanol–water partition coefficient (Wildman–Crippen LogP) is 2.74. The van der Waals surface area contributed by atoms with E-state index in [2.05, 4.69) is 14.7 Å². The number of halogens is 3. The van der Waals surface area contributed by atoms with Crippen molar-refractivity contribution in [3.63, 3.8) is 0 Å². The summed E-state index contributed by atoms with van der Waals surface area (Å²) in [5.74, 6) is -2.30. The Labute approximate surface area is 110 Å². The molecule has 0 unspecified atom stereocenters. The Morgan fingerprint density at radius 2 is 1.80 bits per heavy atom. The molecular weight excluding hydrogens is 277 g/mol. The van der Waals surface area contributed by atoms with Crippen LogP contribution in [0, 0.1) is 0 Å². The molecule has 1 N–H and O–H groups in total. The van der Waals surface area contributed by atoms with Gasteiger partial charge in [-0.05, 0) is 17.7 Å². The molecule has 0 radical (unpaired) electrons. The van der Waals surface area contributed by atoms with Crippen molar-refractivity contribution in [1.82, 2.24) is 9.97 Å². The number of hydrogen-bond acceptors (Lipinski definition) is 4. The average molecular weight is 284 g/mol. The molecule has 0 aliphatic rings. The molecule has 0 aliphatic carbocycles. The molecule has 0 bridgehead atoms. The Bertz CT molecular complexity index is 630. The van der Waals surface area contributed by atoms with Gasteiger partial charge in [0.15, 0.2) is 0 Å². The van der Waals surface area contributed by atoms with Gasteiger partial charge < -0.3 is 9.84 Å². The summed E-state index contributed by atoms with van der Waals surface area (Å²) < 4.78 is 40.6. The Hall–Kier alpha value is -2.64. The van der Waals surface area contributed by atoms with Crippen molar-refractivity contribution in [3.8, 4) is 16.9 Å². The van der Waals surface area contributed by atoms with Crippen molar-refractivity contribution in [3.05, 3.63) is 42.5 Å². The van der Waals surface area contributed by atoms with Crippen molar-refractivity contribution < 1.29 is 27.8 Å². The maximum absolute atomic E-state index is 12.3. The first kappa shape index (κ1) is 13.8. The number of carbonyl (C=O) groups is 1. The van der Waals surface area contributed by atoms with Crippen LogP contribution in [-0.4, -0.2) is 27.4 Å². The quantitative estimate of drug-likeness (QED) is 0.938. The zero-order valence-corrected chi connectivity index (χ0v) is 9.76. The molecule has 2 aromatic rings. The molecule has 0 amide bonds. The van der Waals surface area contributed by atoms with Gasteiger partial charge in [0.1, 0.15) is 17.6 Å². The van der Waals surface area contributed by atoms with Crippen LogP contribution < -0.4 is 4.74 Å². The summed E-state index contributed by atoms with van der Waals surface area (Å²) in [7, 11) is 0. The molecule has 104 valence electrons. The summed E-state index contributed by atoms with van der Waals surface area (Å²) in [5, 5.41) is 8.85. The van der Waals surface area contributed by atoms with Crippen molar-refractivity contribution in [2.75, 3.05) is 0 Å². The number of rotatable bonds is 3. The molecule has 0 saturated heterocycles. The molecule has 1 aromatic heterocycles. The van der Waals surface area contributed by atoms with Gasteiger partial charge in [-0.3, -0.25) is 0 Å². The highest BCUT2D eigenvalue weighted by atomic mass is 19.4. The summed E-state index contributed by atoms with van der Waals surface area (Å²) in [5.41, 5.74) is 0.175. The summed E-state index contributed by atoms with van der Waals surface area (Å²) in [6, 6.07) is 3.37. The standard InChI is InChI=1S/C12H7F3N2O3/c13-12(14,15)20-10-3-7(1-2-9(10)11(18)19)8-4-16-6-17-5-8/h1-6H,(H,18,19). The second-order valence-corrected chi connectivity index (χ2v) is 3.69. The smallest absolute Gasteiger partial charge is 0.478 e. The van der Waals surface area contributed by atoms with Crippen LogP contribution in [0.25, 0.3) is 11.1 Å². The number of benzene rings is 1. The Morgan fingerprint density at radius 1 is 1.15 bits per heavy atom. The van der Waals surface area contributed by atoms with Crippen LogP contribution in [0.4, 0.5) is 13.2 Å². The third-order valence-corrected chi connectivity index (χ3v) is 2.33. The van der Waals surface area contributed by atoms with Crippen LogP contribution in [-0.2, 0) is 0 Å². The molecule has 8 heteroatoms. The van der Waals surface area contributed by atoms with Crippen molar-refractivity contribution in [2.45, 2.75) is 6.36 Å². The lowest BCUT2D eigenvalue weighted by Crippen LogP contribution is -2.19. The second-order valence-electron chi connectivity index (χ2n) is 3.69. The maximum atomic E-state index is 12.3. The number of nitrogens with zero attached hydrogens (tertiary/aromatic N) is 2. The number of carboxylic acid groups (broad SMARTS) is 1. The van der Waals surface area contributed by atoms with Gasteiger partial charge in [0.2, 0.25) is 0 Å². The van der Waals surface area contributed by atoms with E-state index in [1.54, 1.807) is 0 Å². The highest BCUT2D eigenvalue weighted by Gasteiger charge is 2.33. The van der Waals surface area contributed by atoms with Crippen molar-refractivity contribution in [1.29, 1.82) is 0 Å². The zero-order chi connectivity index (χ0) is 14.8. The third kappa shape index (κ3) is 3.22. The summed E-state index contributed by atoms with van der Waals surface area (Å²) >= 11 is 0. The van der Waals surface area contributed by atoms with Crippen LogP contribution in [0.5, 0.6) is 5.75 Å². The largest absolute Gasteiger partial charge is 0.573 e. The van der Waals surface area contributed by atoms with E-state index in [1.165, 1.54) is 24.8 Å². The van der Waals surface area contributed by atoms with Gasteiger partial charge in [-0.1, -0.05) is 6.07 Å². The number of carboxylic acids is 1. The Kier molecular flexibility index (Phi) is 3.55. The summed E-state index contributed by atoms with van der Waals surface area (Å²) in [6.45, 7) is 0. The van der Waals surface area contributed by atoms with E-state index >= 15 is 0 Å². The predicted molar refractivity (Wildman–Crippen MR) is 61.1 cm³/mol. The number of alkyl halides is 3. The zero-order valence-electron chi connectivity index (χ0n) is 9.76. The minimum absolute atomic E-state index is 0.315. The van der Waals surface area contributed by atoms with Gasteiger partial charge >= 0.3 is 12.3 Å². The molecule has 5 nitrogen and oxygen atoms in total. The molecule has 0 spiro atoms. The van der Waals surface area contributed by atoms with Crippen molar-refractivity contribution in [2.24, 2.45) is 0 Å². The molecule has 0 aliphatic heterocycles. The molecule has 1 heterocycles. The fraction of sp³-hybridized carbons (Fsp3) is 0.0833.